The van der Waals surface area contributed by atoms with Crippen LogP contribution >= 0.6 is 0 Å². The molecule has 0 fully saturated rings. The molecule has 3 aromatic rings. The van der Waals surface area contributed by atoms with Crippen LogP contribution in [0.25, 0.3) is 11.0 Å². The van der Waals surface area contributed by atoms with Gasteiger partial charge in [-0.3, -0.25) is 19.4 Å². The van der Waals surface area contributed by atoms with Crippen LogP contribution in [-0.2, 0) is 41.4 Å². The molecule has 0 aliphatic rings. The Bertz CT molecular complexity index is 1510. The van der Waals surface area contributed by atoms with Crippen molar-refractivity contribution < 1.29 is 38.4 Å². The minimum atomic E-state index is -1.24. The highest BCUT2D eigenvalue weighted by Crippen LogP contribution is 2.16. The summed E-state index contributed by atoms with van der Waals surface area (Å²) in [4.78, 5) is 58.4. The number of aromatic nitrogens is 3. The maximum Gasteiger partial charge on any atom is 0.326 e. The lowest BCUT2D eigenvalue weighted by atomic mass is 10.0. The van der Waals surface area contributed by atoms with Gasteiger partial charge in [-0.05, 0) is 42.5 Å². The van der Waals surface area contributed by atoms with Crippen LogP contribution in [0.15, 0.2) is 35.3 Å². The Hall–Kier alpha value is -4.75. The van der Waals surface area contributed by atoms with Gasteiger partial charge in [0.2, 0.25) is 11.9 Å². The zero-order chi connectivity index (χ0) is 33.1. The van der Waals surface area contributed by atoms with Gasteiger partial charge in [-0.2, -0.15) is 4.98 Å². The molecule has 1 aromatic carbocycles. The lowest BCUT2D eigenvalue weighted by Crippen LogP contribution is -2.41. The van der Waals surface area contributed by atoms with E-state index in [2.05, 4.69) is 31.5 Å². The summed E-state index contributed by atoms with van der Waals surface area (Å²) in [5.41, 5.74) is 7.66. The monoisotopic (exact) mass is 640 g/mol. The molecule has 15 heteroatoms. The van der Waals surface area contributed by atoms with Gasteiger partial charge < -0.3 is 45.4 Å². The molecule has 0 bridgehead atoms. The number of carboxylic acid groups (broad SMARTS) is 1. The van der Waals surface area contributed by atoms with Crippen molar-refractivity contribution in [2.75, 3.05) is 65.1 Å². The van der Waals surface area contributed by atoms with Crippen LogP contribution in [0.4, 0.5) is 5.95 Å². The molecule has 0 saturated heterocycles. The fraction of sp³-hybridized carbons (Fsp3) is 0.452. The number of aryl methyl sites for hydroxylation is 2. The van der Waals surface area contributed by atoms with Crippen LogP contribution in [0.3, 0.4) is 0 Å². The number of ether oxygens (including phenoxy) is 4. The second-order valence-corrected chi connectivity index (χ2v) is 10.0. The molecule has 1 atom stereocenters. The summed E-state index contributed by atoms with van der Waals surface area (Å²) in [5.74, 6) is 0.234. The number of anilines is 1. The third kappa shape index (κ3) is 12.3. The molecule has 2 aromatic heterocycles. The van der Waals surface area contributed by atoms with Crippen molar-refractivity contribution >= 4 is 34.8 Å². The van der Waals surface area contributed by atoms with Crippen molar-refractivity contribution in [2.24, 2.45) is 0 Å². The number of nitrogens with one attached hydrogen (secondary N) is 4. The lowest BCUT2D eigenvalue weighted by Gasteiger charge is -2.15. The molecule has 0 saturated carbocycles. The number of amides is 2. The maximum atomic E-state index is 12.7. The molecule has 0 radical (unpaired) electrons. The van der Waals surface area contributed by atoms with Gasteiger partial charge >= 0.3 is 5.97 Å². The Balaban J connectivity index is 1.29. The van der Waals surface area contributed by atoms with Gasteiger partial charge in [0.25, 0.3) is 11.5 Å². The molecule has 3 rings (SSSR count). The van der Waals surface area contributed by atoms with E-state index in [-0.39, 0.29) is 55.6 Å². The van der Waals surface area contributed by atoms with Crippen molar-refractivity contribution in [2.45, 2.75) is 31.7 Å². The zero-order valence-electron chi connectivity index (χ0n) is 25.5. The number of H-pyrrole nitrogens is 2. The molecule has 0 aliphatic carbocycles. The molecule has 2 amide bonds. The normalized spacial score (nSPS) is 11.6. The molecule has 15 nitrogen and oxygen atoms in total. The fourth-order valence-electron chi connectivity index (χ4n) is 4.34. The van der Waals surface area contributed by atoms with Gasteiger partial charge in [-0.15, -0.1) is 6.42 Å². The predicted octanol–water partition coefficient (Wildman–Crippen LogP) is 0.398. The van der Waals surface area contributed by atoms with Gasteiger partial charge in [-0.25, -0.2) is 4.79 Å². The minimum absolute atomic E-state index is 0.0336. The smallest absolute Gasteiger partial charge is 0.326 e. The zero-order valence-corrected chi connectivity index (χ0v) is 25.5. The van der Waals surface area contributed by atoms with E-state index in [1.165, 1.54) is 0 Å². The van der Waals surface area contributed by atoms with Crippen molar-refractivity contribution in [3.63, 3.8) is 0 Å². The third-order valence-electron chi connectivity index (χ3n) is 6.67. The number of hydrogen-bond acceptors (Lipinski definition) is 10. The van der Waals surface area contributed by atoms with E-state index in [0.29, 0.717) is 63.5 Å². The number of aliphatic carboxylic acids is 1. The van der Waals surface area contributed by atoms with Crippen LogP contribution in [0, 0.1) is 12.3 Å². The second kappa shape index (κ2) is 19.6. The number of fused-ring (bicyclic) bond motifs is 1. The van der Waals surface area contributed by atoms with Gasteiger partial charge in [0, 0.05) is 24.7 Å². The van der Waals surface area contributed by atoms with E-state index in [1.54, 1.807) is 30.5 Å². The number of nitrogen functional groups attached to an aromatic ring is 1. The number of carboxylic acids is 1. The summed E-state index contributed by atoms with van der Waals surface area (Å²) in [6.07, 6.45) is 7.75. The number of nitrogens with two attached hydrogens (primary N) is 1. The van der Waals surface area contributed by atoms with E-state index in [1.807, 2.05) is 0 Å². The average Bonchev–Trinajstić information content (AvgIpc) is 3.45. The van der Waals surface area contributed by atoms with Crippen molar-refractivity contribution in [3.8, 4) is 12.3 Å². The molecule has 248 valence electrons. The highest BCUT2D eigenvalue weighted by atomic mass is 16.6. The summed E-state index contributed by atoms with van der Waals surface area (Å²) in [6.45, 7) is 3.18. The highest BCUT2D eigenvalue weighted by Gasteiger charge is 2.22. The summed E-state index contributed by atoms with van der Waals surface area (Å²) >= 11 is 0. The molecule has 2 heterocycles. The summed E-state index contributed by atoms with van der Waals surface area (Å²) < 4.78 is 21.2. The minimum Gasteiger partial charge on any atom is -0.480 e. The topological polar surface area (TPSA) is 220 Å². The first-order chi connectivity index (χ1) is 22.3. The number of carbonyl (C=O) groups excluding carboxylic acids is 2. The molecular weight excluding hydrogens is 600 g/mol. The molecule has 0 unspecified atom stereocenters. The number of carbonyl (C=O) groups is 3. The van der Waals surface area contributed by atoms with E-state index in [4.69, 9.17) is 31.1 Å². The number of hydrogen-bond donors (Lipinski definition) is 6. The van der Waals surface area contributed by atoms with Crippen molar-refractivity contribution in [3.05, 3.63) is 57.5 Å². The van der Waals surface area contributed by atoms with E-state index in [9.17, 15) is 24.3 Å². The predicted molar refractivity (Wildman–Crippen MR) is 168 cm³/mol. The first-order valence-corrected chi connectivity index (χ1v) is 14.8. The number of terminal acetylenes is 1. The molecule has 0 spiro atoms. The van der Waals surface area contributed by atoms with Gasteiger partial charge in [-0.1, -0.05) is 18.1 Å². The SMILES string of the molecule is C#CCOCCOCCOCCOCCNC(=O)CC[C@H](NC(=O)c1ccc(CCc2c[nH]c3nc(N)[nH]c(=O)c23)cc1)C(=O)O. The number of aromatic amines is 2. The number of nitrogens with zero attached hydrogens (tertiary/aromatic N) is 1. The van der Waals surface area contributed by atoms with Crippen LogP contribution in [0.5, 0.6) is 0 Å². The lowest BCUT2D eigenvalue weighted by molar-refractivity contribution is -0.139. The summed E-state index contributed by atoms with van der Waals surface area (Å²) in [7, 11) is 0. The number of rotatable bonds is 22. The average molecular weight is 641 g/mol. The first kappa shape index (κ1) is 35.7. The largest absolute Gasteiger partial charge is 0.480 e. The third-order valence-corrected chi connectivity index (χ3v) is 6.67. The van der Waals surface area contributed by atoms with E-state index in [0.717, 1.165) is 11.1 Å². The standard InChI is InChI=1S/C31H40N6O9/c1-2-12-43-14-16-45-18-19-46-17-15-44-13-11-33-25(38)10-9-24(30(41)42)35-28(39)22-6-3-21(4-7-22)5-8-23-20-34-27-26(23)29(40)37-31(32)36-27/h1,3-4,6-7,20,24H,5,8-19H2,(H,33,38)(H,35,39)(H,41,42)(H4,32,34,36,37,40)/t24-/m0/s1. The summed E-state index contributed by atoms with van der Waals surface area (Å²) in [5, 5.41) is 15.2. The maximum absolute atomic E-state index is 12.7. The van der Waals surface area contributed by atoms with Gasteiger partial charge in [0.05, 0.1) is 51.6 Å². The number of benzene rings is 1. The second-order valence-electron chi connectivity index (χ2n) is 10.0. The summed E-state index contributed by atoms with van der Waals surface area (Å²) in [6, 6.07) is 5.47. The van der Waals surface area contributed by atoms with E-state index < -0.39 is 17.9 Å². The van der Waals surface area contributed by atoms with Crippen LogP contribution < -0.4 is 21.9 Å². The van der Waals surface area contributed by atoms with Crippen molar-refractivity contribution in [1.29, 1.82) is 0 Å². The van der Waals surface area contributed by atoms with Crippen LogP contribution in [0.1, 0.15) is 34.3 Å². The van der Waals surface area contributed by atoms with Crippen LogP contribution in [-0.4, -0.2) is 103 Å². The molecule has 46 heavy (non-hydrogen) atoms. The van der Waals surface area contributed by atoms with E-state index >= 15 is 0 Å². The Morgan fingerprint density at radius 1 is 0.978 bits per heavy atom. The fourth-order valence-corrected chi connectivity index (χ4v) is 4.34. The molecule has 0 aliphatic heterocycles. The molecule has 7 N–H and O–H groups in total. The molecular formula is C31H40N6O9. The van der Waals surface area contributed by atoms with Gasteiger partial charge in [0.15, 0.2) is 0 Å². The van der Waals surface area contributed by atoms with Crippen LogP contribution in [0.2, 0.25) is 0 Å². The Kier molecular flexibility index (Phi) is 15.2. The Morgan fingerprint density at radius 3 is 2.28 bits per heavy atom. The highest BCUT2D eigenvalue weighted by molar-refractivity contribution is 5.96. The first-order valence-electron chi connectivity index (χ1n) is 14.8. The van der Waals surface area contributed by atoms with Crippen molar-refractivity contribution in [1.82, 2.24) is 25.6 Å². The Morgan fingerprint density at radius 2 is 1.63 bits per heavy atom. The van der Waals surface area contributed by atoms with Gasteiger partial charge in [0.1, 0.15) is 18.3 Å². The Labute approximate surface area is 265 Å². The quantitative estimate of drug-likeness (QED) is 0.0652.